The quantitative estimate of drug-likeness (QED) is 0.503. The summed E-state index contributed by atoms with van der Waals surface area (Å²) in [6.45, 7) is 10.2. The van der Waals surface area contributed by atoms with E-state index in [-0.39, 0.29) is 48.1 Å². The Morgan fingerprint density at radius 2 is 1.74 bits per heavy atom. The van der Waals surface area contributed by atoms with Crippen molar-refractivity contribution in [2.24, 2.45) is 11.8 Å². The highest BCUT2D eigenvalue weighted by Crippen LogP contribution is 2.28. The Morgan fingerprint density at radius 1 is 1.09 bits per heavy atom. The molecule has 3 rings (SSSR count). The van der Waals surface area contributed by atoms with Gasteiger partial charge < -0.3 is 24.6 Å². The summed E-state index contributed by atoms with van der Waals surface area (Å²) in [4.78, 5) is 52.7. The lowest BCUT2D eigenvalue weighted by Crippen LogP contribution is -2.46. The zero-order valence-corrected chi connectivity index (χ0v) is 20.5. The number of likely N-dealkylation sites (tertiary alicyclic amines) is 2. The minimum absolute atomic E-state index is 0.0453. The zero-order chi connectivity index (χ0) is 24.9. The third-order valence-electron chi connectivity index (χ3n) is 6.34. The van der Waals surface area contributed by atoms with Gasteiger partial charge in [0.25, 0.3) is 5.91 Å². The van der Waals surface area contributed by atoms with Crippen LogP contribution in [0, 0.1) is 11.8 Å². The summed E-state index contributed by atoms with van der Waals surface area (Å²) in [5.74, 6) is 0.237. The summed E-state index contributed by atoms with van der Waals surface area (Å²) in [5.41, 5.74) is 0.198. The standard InChI is InChI=1S/C25H35N3O6/c1-5-33-24(32)34-20-8-6-18(7-9-20)22(30)26-15-17-10-12-27(13-11-17)23(31)19-14-21(29)28(16-19)25(2,3)4/h6-9,17,19H,5,10-16H2,1-4H3,(H,26,30). The summed E-state index contributed by atoms with van der Waals surface area (Å²) < 4.78 is 9.71. The smallest absolute Gasteiger partial charge is 0.434 e. The molecule has 1 N–H and O–H groups in total. The van der Waals surface area contributed by atoms with E-state index in [2.05, 4.69) is 5.32 Å². The number of rotatable bonds is 6. The van der Waals surface area contributed by atoms with Crippen LogP contribution in [0.3, 0.4) is 0 Å². The second-order valence-corrected chi connectivity index (χ2v) is 9.86. The molecule has 0 saturated carbocycles. The van der Waals surface area contributed by atoms with Gasteiger partial charge in [-0.15, -0.1) is 0 Å². The molecule has 0 aliphatic carbocycles. The van der Waals surface area contributed by atoms with Crippen LogP contribution in [0.1, 0.15) is 57.3 Å². The molecule has 1 atom stereocenters. The summed E-state index contributed by atoms with van der Waals surface area (Å²) >= 11 is 0. The zero-order valence-electron chi connectivity index (χ0n) is 20.5. The number of amides is 3. The van der Waals surface area contributed by atoms with Crippen LogP contribution >= 0.6 is 0 Å². The Hall–Kier alpha value is -3.10. The molecule has 0 spiro atoms. The van der Waals surface area contributed by atoms with Crippen molar-refractivity contribution in [3.8, 4) is 5.75 Å². The van der Waals surface area contributed by atoms with Crippen molar-refractivity contribution in [3.63, 3.8) is 0 Å². The third kappa shape index (κ3) is 6.48. The van der Waals surface area contributed by atoms with Crippen LogP contribution < -0.4 is 10.1 Å². The summed E-state index contributed by atoms with van der Waals surface area (Å²) in [7, 11) is 0. The number of hydrogen-bond donors (Lipinski definition) is 1. The molecule has 2 aliphatic heterocycles. The van der Waals surface area contributed by atoms with Gasteiger partial charge in [0.05, 0.1) is 12.5 Å². The fourth-order valence-corrected chi connectivity index (χ4v) is 4.39. The molecule has 2 saturated heterocycles. The lowest BCUT2D eigenvalue weighted by atomic mass is 9.95. The normalized spacial score (nSPS) is 19.2. The largest absolute Gasteiger partial charge is 0.513 e. The van der Waals surface area contributed by atoms with Crippen molar-refractivity contribution < 1.29 is 28.7 Å². The van der Waals surface area contributed by atoms with E-state index in [1.54, 1.807) is 36.1 Å². The van der Waals surface area contributed by atoms with Crippen LogP contribution in [0.2, 0.25) is 0 Å². The van der Waals surface area contributed by atoms with Crippen LogP contribution in [0.4, 0.5) is 4.79 Å². The van der Waals surface area contributed by atoms with Gasteiger partial charge in [-0.05, 0) is 70.7 Å². The molecule has 186 valence electrons. The molecule has 2 aliphatic rings. The number of nitrogens with zero attached hydrogens (tertiary/aromatic N) is 2. The molecule has 9 heteroatoms. The molecule has 1 aromatic carbocycles. The van der Waals surface area contributed by atoms with E-state index in [0.717, 1.165) is 12.8 Å². The molecule has 0 radical (unpaired) electrons. The van der Waals surface area contributed by atoms with Gasteiger partial charge in [0, 0.05) is 43.7 Å². The van der Waals surface area contributed by atoms with E-state index in [0.29, 0.717) is 37.5 Å². The Bertz CT molecular complexity index is 900. The third-order valence-corrected chi connectivity index (χ3v) is 6.34. The van der Waals surface area contributed by atoms with E-state index < -0.39 is 6.16 Å². The topological polar surface area (TPSA) is 105 Å². The lowest BCUT2D eigenvalue weighted by molar-refractivity contribution is -0.137. The van der Waals surface area contributed by atoms with Crippen LogP contribution in [0.15, 0.2) is 24.3 Å². The minimum Gasteiger partial charge on any atom is -0.434 e. The second-order valence-electron chi connectivity index (χ2n) is 9.86. The minimum atomic E-state index is -0.782. The molecule has 0 bridgehead atoms. The molecular formula is C25H35N3O6. The van der Waals surface area contributed by atoms with Crippen LogP contribution in [0.5, 0.6) is 5.75 Å². The van der Waals surface area contributed by atoms with Gasteiger partial charge in [-0.3, -0.25) is 14.4 Å². The molecule has 1 unspecified atom stereocenters. The predicted octanol–water partition coefficient (Wildman–Crippen LogP) is 2.84. The molecular weight excluding hydrogens is 438 g/mol. The number of nitrogens with one attached hydrogen (secondary N) is 1. The van der Waals surface area contributed by atoms with Crippen LogP contribution in [-0.2, 0) is 14.3 Å². The van der Waals surface area contributed by atoms with E-state index in [9.17, 15) is 19.2 Å². The number of piperidine rings is 1. The Labute approximate surface area is 200 Å². The average molecular weight is 474 g/mol. The van der Waals surface area contributed by atoms with Gasteiger partial charge in [-0.25, -0.2) is 4.79 Å². The Balaban J connectivity index is 1.41. The van der Waals surface area contributed by atoms with Gasteiger partial charge >= 0.3 is 6.16 Å². The first kappa shape index (κ1) is 25.5. The summed E-state index contributed by atoms with van der Waals surface area (Å²) in [6.07, 6.45) is 1.12. The molecule has 0 aromatic heterocycles. The van der Waals surface area contributed by atoms with Gasteiger partial charge in [0.2, 0.25) is 11.8 Å². The van der Waals surface area contributed by atoms with Crippen LogP contribution in [0.25, 0.3) is 0 Å². The maximum Gasteiger partial charge on any atom is 0.513 e. The van der Waals surface area contributed by atoms with Crippen molar-refractivity contribution in [2.75, 3.05) is 32.8 Å². The van der Waals surface area contributed by atoms with E-state index in [1.165, 1.54) is 0 Å². The van der Waals surface area contributed by atoms with Crippen molar-refractivity contribution >= 4 is 23.9 Å². The molecule has 2 heterocycles. The van der Waals surface area contributed by atoms with E-state index in [1.807, 2.05) is 25.7 Å². The SMILES string of the molecule is CCOC(=O)Oc1ccc(C(=O)NCC2CCN(C(=O)C3CC(=O)N(C(C)(C)C)C3)CC2)cc1. The molecule has 9 nitrogen and oxygen atoms in total. The number of carbonyl (C=O) groups is 4. The molecule has 2 fully saturated rings. The fraction of sp³-hybridized carbons (Fsp3) is 0.600. The Kier molecular flexibility index (Phi) is 8.17. The first-order valence-corrected chi connectivity index (χ1v) is 11.9. The summed E-state index contributed by atoms with van der Waals surface area (Å²) in [6, 6.07) is 6.28. The predicted molar refractivity (Wildman–Crippen MR) is 125 cm³/mol. The number of ether oxygens (including phenoxy) is 2. The van der Waals surface area contributed by atoms with Crippen molar-refractivity contribution in [1.82, 2.24) is 15.1 Å². The molecule has 3 amide bonds. The highest BCUT2D eigenvalue weighted by atomic mass is 16.7. The summed E-state index contributed by atoms with van der Waals surface area (Å²) in [5, 5.41) is 2.95. The van der Waals surface area contributed by atoms with Crippen molar-refractivity contribution in [1.29, 1.82) is 0 Å². The number of benzene rings is 1. The van der Waals surface area contributed by atoms with Gasteiger partial charge in [0.1, 0.15) is 5.75 Å². The fourth-order valence-electron chi connectivity index (χ4n) is 4.39. The maximum absolute atomic E-state index is 12.9. The first-order chi connectivity index (χ1) is 16.1. The van der Waals surface area contributed by atoms with E-state index >= 15 is 0 Å². The highest BCUT2D eigenvalue weighted by Gasteiger charge is 2.41. The lowest BCUT2D eigenvalue weighted by Gasteiger charge is -2.34. The molecule has 34 heavy (non-hydrogen) atoms. The van der Waals surface area contributed by atoms with Gasteiger partial charge in [-0.2, -0.15) is 0 Å². The Morgan fingerprint density at radius 3 is 2.29 bits per heavy atom. The maximum atomic E-state index is 12.9. The van der Waals surface area contributed by atoms with E-state index in [4.69, 9.17) is 9.47 Å². The number of hydrogen-bond acceptors (Lipinski definition) is 6. The van der Waals surface area contributed by atoms with Crippen molar-refractivity contribution in [2.45, 2.75) is 52.5 Å². The van der Waals surface area contributed by atoms with Crippen LogP contribution in [-0.4, -0.2) is 72.0 Å². The highest BCUT2D eigenvalue weighted by molar-refractivity contribution is 5.94. The first-order valence-electron chi connectivity index (χ1n) is 11.9. The van der Waals surface area contributed by atoms with Crippen molar-refractivity contribution in [3.05, 3.63) is 29.8 Å². The average Bonchev–Trinajstić information content (AvgIpc) is 3.20. The van der Waals surface area contributed by atoms with Gasteiger partial charge in [0.15, 0.2) is 0 Å². The van der Waals surface area contributed by atoms with Gasteiger partial charge in [-0.1, -0.05) is 0 Å². The second kappa shape index (κ2) is 10.9. The number of carbonyl (C=O) groups excluding carboxylic acids is 4. The molecule has 1 aromatic rings. The monoisotopic (exact) mass is 473 g/mol.